The number of benzene rings is 1. The predicted octanol–water partition coefficient (Wildman–Crippen LogP) is 3.76. The summed E-state index contributed by atoms with van der Waals surface area (Å²) >= 11 is 6.16. The second-order valence-electron chi connectivity index (χ2n) is 4.89. The van der Waals surface area contributed by atoms with Crippen LogP contribution in [0.1, 0.15) is 13.3 Å². The van der Waals surface area contributed by atoms with Gasteiger partial charge in [-0.1, -0.05) is 24.6 Å². The lowest BCUT2D eigenvalue weighted by atomic mass is 10.2. The Balaban J connectivity index is 2.20. The van der Waals surface area contributed by atoms with Crippen molar-refractivity contribution in [2.24, 2.45) is 0 Å². The van der Waals surface area contributed by atoms with Gasteiger partial charge < -0.3 is 15.5 Å². The van der Waals surface area contributed by atoms with E-state index in [9.17, 15) is 0 Å². The minimum Gasteiger partial charge on any atom is -0.378 e. The molecule has 6 heteroatoms. The maximum Gasteiger partial charge on any atom is 0.224 e. The quantitative estimate of drug-likeness (QED) is 0.851. The molecule has 1 aromatic heterocycles. The zero-order valence-corrected chi connectivity index (χ0v) is 13.3. The smallest absolute Gasteiger partial charge is 0.224 e. The highest BCUT2D eigenvalue weighted by Gasteiger charge is 2.06. The first-order valence-electron chi connectivity index (χ1n) is 6.91. The van der Waals surface area contributed by atoms with Gasteiger partial charge in [-0.25, -0.2) is 4.98 Å². The Morgan fingerprint density at radius 3 is 2.81 bits per heavy atom. The highest BCUT2D eigenvalue weighted by molar-refractivity contribution is 6.32. The fourth-order valence-electron chi connectivity index (χ4n) is 1.78. The number of rotatable bonds is 6. The summed E-state index contributed by atoms with van der Waals surface area (Å²) in [6.45, 7) is 2.92. The molecule has 1 heterocycles. The molecule has 0 aliphatic carbocycles. The molecule has 0 saturated carbocycles. The number of nitrogens with zero attached hydrogens (tertiary/aromatic N) is 3. The van der Waals surface area contributed by atoms with Crippen LogP contribution >= 0.6 is 11.6 Å². The number of hydrogen-bond acceptors (Lipinski definition) is 5. The molecule has 0 unspecified atom stereocenters. The van der Waals surface area contributed by atoms with Crippen molar-refractivity contribution in [1.82, 2.24) is 9.97 Å². The summed E-state index contributed by atoms with van der Waals surface area (Å²) in [4.78, 5) is 10.6. The van der Waals surface area contributed by atoms with Crippen LogP contribution in [0, 0.1) is 0 Å². The van der Waals surface area contributed by atoms with E-state index in [4.69, 9.17) is 11.6 Å². The third-order valence-corrected chi connectivity index (χ3v) is 3.18. The van der Waals surface area contributed by atoms with Gasteiger partial charge in [-0.15, -0.1) is 0 Å². The van der Waals surface area contributed by atoms with E-state index in [0.717, 1.165) is 24.3 Å². The Labute approximate surface area is 130 Å². The fraction of sp³-hybridized carbons (Fsp3) is 0.333. The fourth-order valence-corrected chi connectivity index (χ4v) is 1.91. The van der Waals surface area contributed by atoms with E-state index < -0.39 is 0 Å². The monoisotopic (exact) mass is 305 g/mol. The summed E-state index contributed by atoms with van der Waals surface area (Å²) in [5.41, 5.74) is 2.04. The van der Waals surface area contributed by atoms with Crippen molar-refractivity contribution in [3.8, 4) is 0 Å². The van der Waals surface area contributed by atoms with Crippen molar-refractivity contribution in [3.05, 3.63) is 35.5 Å². The molecule has 0 saturated heterocycles. The SMILES string of the molecule is CCCNc1ncc(Cl)c(Nc2cccc(N(C)C)c2)n1. The third-order valence-electron chi connectivity index (χ3n) is 2.90. The van der Waals surface area contributed by atoms with Gasteiger partial charge in [0.1, 0.15) is 5.02 Å². The molecule has 0 aliphatic heterocycles. The third kappa shape index (κ3) is 4.23. The number of halogens is 1. The minimum absolute atomic E-state index is 0.493. The number of aromatic nitrogens is 2. The molecule has 0 bridgehead atoms. The predicted molar refractivity (Wildman–Crippen MR) is 89.9 cm³/mol. The Morgan fingerprint density at radius 1 is 1.29 bits per heavy atom. The van der Waals surface area contributed by atoms with Gasteiger partial charge in [0.15, 0.2) is 5.82 Å². The molecule has 2 N–H and O–H groups in total. The molecule has 21 heavy (non-hydrogen) atoms. The van der Waals surface area contributed by atoms with Crippen LogP contribution in [0.15, 0.2) is 30.5 Å². The second-order valence-corrected chi connectivity index (χ2v) is 5.29. The number of nitrogens with one attached hydrogen (secondary N) is 2. The summed E-state index contributed by atoms with van der Waals surface area (Å²) < 4.78 is 0. The molecular weight excluding hydrogens is 286 g/mol. The molecule has 0 spiro atoms. The lowest BCUT2D eigenvalue weighted by Crippen LogP contribution is -2.09. The van der Waals surface area contributed by atoms with E-state index >= 15 is 0 Å². The van der Waals surface area contributed by atoms with Crippen LogP contribution in [0.25, 0.3) is 0 Å². The Hall–Kier alpha value is -2.01. The zero-order chi connectivity index (χ0) is 15.2. The molecule has 0 radical (unpaired) electrons. The Morgan fingerprint density at radius 2 is 2.10 bits per heavy atom. The van der Waals surface area contributed by atoms with Gasteiger partial charge in [0.05, 0.1) is 6.20 Å². The van der Waals surface area contributed by atoms with Crippen LogP contribution in [0.5, 0.6) is 0 Å². The first kappa shape index (κ1) is 15.4. The van der Waals surface area contributed by atoms with Gasteiger partial charge in [0.2, 0.25) is 5.95 Å². The van der Waals surface area contributed by atoms with E-state index in [0.29, 0.717) is 16.8 Å². The van der Waals surface area contributed by atoms with Gasteiger partial charge in [-0.3, -0.25) is 0 Å². The van der Waals surface area contributed by atoms with Crippen molar-refractivity contribution in [3.63, 3.8) is 0 Å². The summed E-state index contributed by atoms with van der Waals surface area (Å²) in [5.74, 6) is 1.17. The number of anilines is 4. The first-order chi connectivity index (χ1) is 10.1. The van der Waals surface area contributed by atoms with Crippen molar-refractivity contribution in [2.45, 2.75) is 13.3 Å². The largest absolute Gasteiger partial charge is 0.378 e. The molecule has 0 fully saturated rings. The van der Waals surface area contributed by atoms with E-state index in [1.165, 1.54) is 0 Å². The average molecular weight is 306 g/mol. The minimum atomic E-state index is 0.493. The highest BCUT2D eigenvalue weighted by Crippen LogP contribution is 2.25. The van der Waals surface area contributed by atoms with Crippen LogP contribution in [0.2, 0.25) is 5.02 Å². The van der Waals surface area contributed by atoms with Gasteiger partial charge in [-0.05, 0) is 24.6 Å². The van der Waals surface area contributed by atoms with E-state index in [1.54, 1.807) is 6.20 Å². The van der Waals surface area contributed by atoms with Crippen LogP contribution < -0.4 is 15.5 Å². The van der Waals surface area contributed by atoms with Crippen LogP contribution in [-0.4, -0.2) is 30.6 Å². The summed E-state index contributed by atoms with van der Waals surface area (Å²) in [7, 11) is 4.01. The Bertz CT molecular complexity index is 600. The Kier molecular flexibility index (Phi) is 5.22. The molecule has 0 amide bonds. The van der Waals surface area contributed by atoms with Gasteiger partial charge in [0, 0.05) is 32.0 Å². The molecule has 0 aliphatic rings. The molecule has 5 nitrogen and oxygen atoms in total. The normalized spacial score (nSPS) is 10.3. The van der Waals surface area contributed by atoms with Gasteiger partial charge in [0.25, 0.3) is 0 Å². The lowest BCUT2D eigenvalue weighted by Gasteiger charge is -2.15. The van der Waals surface area contributed by atoms with E-state index in [2.05, 4.69) is 27.5 Å². The molecule has 112 valence electrons. The maximum absolute atomic E-state index is 6.16. The molecule has 2 rings (SSSR count). The van der Waals surface area contributed by atoms with Crippen molar-refractivity contribution >= 4 is 34.7 Å². The van der Waals surface area contributed by atoms with Crippen LogP contribution in [-0.2, 0) is 0 Å². The van der Waals surface area contributed by atoms with Gasteiger partial charge in [-0.2, -0.15) is 4.98 Å². The summed E-state index contributed by atoms with van der Waals surface area (Å²) in [6.07, 6.45) is 2.62. The van der Waals surface area contributed by atoms with Crippen molar-refractivity contribution in [2.75, 3.05) is 36.2 Å². The molecular formula is C15H20ClN5. The lowest BCUT2D eigenvalue weighted by molar-refractivity contribution is 0.953. The van der Waals surface area contributed by atoms with E-state index in [1.807, 2.05) is 43.3 Å². The number of hydrogen-bond donors (Lipinski definition) is 2. The highest BCUT2D eigenvalue weighted by atomic mass is 35.5. The summed E-state index contributed by atoms with van der Waals surface area (Å²) in [6, 6.07) is 8.05. The van der Waals surface area contributed by atoms with Gasteiger partial charge >= 0.3 is 0 Å². The topological polar surface area (TPSA) is 53.1 Å². The zero-order valence-electron chi connectivity index (χ0n) is 12.5. The first-order valence-corrected chi connectivity index (χ1v) is 7.28. The summed E-state index contributed by atoms with van der Waals surface area (Å²) in [5, 5.41) is 6.88. The van der Waals surface area contributed by atoms with Crippen molar-refractivity contribution in [1.29, 1.82) is 0 Å². The van der Waals surface area contributed by atoms with Crippen LogP contribution in [0.4, 0.5) is 23.1 Å². The average Bonchev–Trinajstić information content (AvgIpc) is 2.48. The standard InChI is InChI=1S/C15H20ClN5/c1-4-8-17-15-18-10-13(16)14(20-15)19-11-6-5-7-12(9-11)21(2)3/h5-7,9-10H,4,8H2,1-3H3,(H2,17,18,19,20). The second kappa shape index (κ2) is 7.13. The molecule has 0 atom stereocenters. The van der Waals surface area contributed by atoms with Crippen LogP contribution in [0.3, 0.4) is 0 Å². The van der Waals surface area contributed by atoms with E-state index in [-0.39, 0.29) is 0 Å². The van der Waals surface area contributed by atoms with Crippen molar-refractivity contribution < 1.29 is 0 Å². The maximum atomic E-state index is 6.16. The molecule has 1 aromatic carbocycles. The molecule has 2 aromatic rings.